The van der Waals surface area contributed by atoms with E-state index in [0.29, 0.717) is 13.0 Å². The zero-order valence-electron chi connectivity index (χ0n) is 14.6. The summed E-state index contributed by atoms with van der Waals surface area (Å²) >= 11 is 0. The van der Waals surface area contributed by atoms with Gasteiger partial charge in [-0.3, -0.25) is 9.59 Å². The SMILES string of the molecule is C=CCNC(=O)C(=O)NC[C@@H]1OCCCN1S(=O)(=O)c1ccc(C)cc1. The summed E-state index contributed by atoms with van der Waals surface area (Å²) < 4.78 is 32.5. The summed E-state index contributed by atoms with van der Waals surface area (Å²) in [6.45, 7) is 6.02. The number of amides is 2. The van der Waals surface area contributed by atoms with Gasteiger partial charge in [-0.2, -0.15) is 4.31 Å². The van der Waals surface area contributed by atoms with Gasteiger partial charge in [0, 0.05) is 13.1 Å². The number of nitrogens with zero attached hydrogens (tertiary/aromatic N) is 1. The first-order valence-electron chi connectivity index (χ1n) is 8.23. The maximum absolute atomic E-state index is 12.9. The molecule has 1 atom stereocenters. The summed E-state index contributed by atoms with van der Waals surface area (Å²) in [5, 5.41) is 4.76. The van der Waals surface area contributed by atoms with E-state index in [-0.39, 0.29) is 24.5 Å². The van der Waals surface area contributed by atoms with Crippen LogP contribution in [0.15, 0.2) is 41.8 Å². The molecule has 1 saturated heterocycles. The molecule has 2 amide bonds. The summed E-state index contributed by atoms with van der Waals surface area (Å²) in [5.74, 6) is -1.66. The zero-order chi connectivity index (χ0) is 19.2. The number of sulfonamides is 1. The lowest BCUT2D eigenvalue weighted by Gasteiger charge is -2.34. The van der Waals surface area contributed by atoms with Gasteiger partial charge in [0.2, 0.25) is 10.0 Å². The van der Waals surface area contributed by atoms with Gasteiger partial charge in [0.05, 0.1) is 18.0 Å². The Hall–Kier alpha value is -2.23. The lowest BCUT2D eigenvalue weighted by molar-refractivity contribution is -0.140. The van der Waals surface area contributed by atoms with Crippen LogP contribution in [-0.4, -0.2) is 57.0 Å². The highest BCUT2D eigenvalue weighted by Gasteiger charge is 2.34. The molecule has 0 radical (unpaired) electrons. The molecule has 0 saturated carbocycles. The van der Waals surface area contributed by atoms with Crippen LogP contribution in [0.2, 0.25) is 0 Å². The molecule has 1 aliphatic rings. The fourth-order valence-corrected chi connectivity index (χ4v) is 4.02. The Labute approximate surface area is 153 Å². The Bertz CT molecular complexity index is 761. The molecule has 0 bridgehead atoms. The molecule has 1 aliphatic heterocycles. The molecule has 26 heavy (non-hydrogen) atoms. The molecule has 1 aromatic carbocycles. The van der Waals surface area contributed by atoms with Gasteiger partial charge in [0.15, 0.2) is 0 Å². The van der Waals surface area contributed by atoms with E-state index in [1.54, 1.807) is 12.1 Å². The lowest BCUT2D eigenvalue weighted by atomic mass is 10.2. The lowest BCUT2D eigenvalue weighted by Crippen LogP contribution is -2.53. The van der Waals surface area contributed by atoms with Crippen molar-refractivity contribution in [3.05, 3.63) is 42.5 Å². The standard InChI is InChI=1S/C17H23N3O5S/c1-3-9-18-16(21)17(22)19-12-15-20(10-4-11-25-15)26(23,24)14-7-5-13(2)6-8-14/h3,5-8,15H,1,4,9-12H2,2H3,(H,18,21)(H,19,22)/t15-/m0/s1. The van der Waals surface area contributed by atoms with Crippen molar-refractivity contribution in [2.45, 2.75) is 24.5 Å². The molecule has 8 nitrogen and oxygen atoms in total. The van der Waals surface area contributed by atoms with Crippen LogP contribution in [0.5, 0.6) is 0 Å². The number of hydrogen-bond acceptors (Lipinski definition) is 5. The first-order valence-corrected chi connectivity index (χ1v) is 9.67. The van der Waals surface area contributed by atoms with Crippen LogP contribution in [0.1, 0.15) is 12.0 Å². The summed E-state index contributed by atoms with van der Waals surface area (Å²) in [5.41, 5.74) is 0.952. The van der Waals surface area contributed by atoms with Crippen molar-refractivity contribution in [2.75, 3.05) is 26.2 Å². The molecule has 0 aromatic heterocycles. The average Bonchev–Trinajstić information content (AvgIpc) is 2.64. The number of aryl methyl sites for hydroxylation is 1. The minimum absolute atomic E-state index is 0.120. The summed E-state index contributed by atoms with van der Waals surface area (Å²) in [4.78, 5) is 23.5. The van der Waals surface area contributed by atoms with Crippen LogP contribution in [0.25, 0.3) is 0 Å². The number of hydrogen-bond donors (Lipinski definition) is 2. The second-order valence-electron chi connectivity index (χ2n) is 5.82. The van der Waals surface area contributed by atoms with Crippen LogP contribution < -0.4 is 10.6 Å². The van der Waals surface area contributed by atoms with Crippen molar-refractivity contribution in [2.24, 2.45) is 0 Å². The predicted octanol–water partition coefficient (Wildman–Crippen LogP) is 0.151. The Balaban J connectivity index is 2.07. The van der Waals surface area contributed by atoms with Crippen LogP contribution in [0, 0.1) is 6.92 Å². The highest BCUT2D eigenvalue weighted by molar-refractivity contribution is 7.89. The van der Waals surface area contributed by atoms with Crippen LogP contribution >= 0.6 is 0 Å². The van der Waals surface area contributed by atoms with E-state index < -0.39 is 28.1 Å². The largest absolute Gasteiger partial charge is 0.360 e. The van der Waals surface area contributed by atoms with Gasteiger partial charge >= 0.3 is 11.8 Å². The number of ether oxygens (including phenoxy) is 1. The van der Waals surface area contributed by atoms with Gasteiger partial charge in [0.25, 0.3) is 0 Å². The molecule has 0 spiro atoms. The fourth-order valence-electron chi connectivity index (χ4n) is 2.45. The van der Waals surface area contributed by atoms with E-state index in [1.165, 1.54) is 22.5 Å². The van der Waals surface area contributed by atoms with Gasteiger partial charge in [-0.1, -0.05) is 23.8 Å². The zero-order valence-corrected chi connectivity index (χ0v) is 15.4. The molecule has 2 rings (SSSR count). The van der Waals surface area contributed by atoms with Crippen molar-refractivity contribution in [1.82, 2.24) is 14.9 Å². The summed E-state index contributed by atoms with van der Waals surface area (Å²) in [6, 6.07) is 6.52. The van der Waals surface area contributed by atoms with E-state index in [1.807, 2.05) is 6.92 Å². The first kappa shape index (κ1) is 20.1. The monoisotopic (exact) mass is 381 g/mol. The summed E-state index contributed by atoms with van der Waals surface area (Å²) in [7, 11) is -3.77. The van der Waals surface area contributed by atoms with Gasteiger partial charge in [-0.25, -0.2) is 8.42 Å². The quantitative estimate of drug-likeness (QED) is 0.539. The maximum atomic E-state index is 12.9. The number of carbonyl (C=O) groups is 2. The number of nitrogens with one attached hydrogen (secondary N) is 2. The molecule has 142 valence electrons. The minimum atomic E-state index is -3.77. The fraction of sp³-hybridized carbons (Fsp3) is 0.412. The van der Waals surface area contributed by atoms with Crippen LogP contribution in [0.3, 0.4) is 0 Å². The van der Waals surface area contributed by atoms with E-state index >= 15 is 0 Å². The van der Waals surface area contributed by atoms with Crippen LogP contribution in [-0.2, 0) is 24.3 Å². The van der Waals surface area contributed by atoms with Crippen molar-refractivity contribution >= 4 is 21.8 Å². The highest BCUT2D eigenvalue weighted by Crippen LogP contribution is 2.22. The topological polar surface area (TPSA) is 105 Å². The van der Waals surface area contributed by atoms with Crippen molar-refractivity contribution in [1.29, 1.82) is 0 Å². The number of benzene rings is 1. The molecular weight excluding hydrogens is 358 g/mol. The normalized spacial score (nSPS) is 18.1. The Morgan fingerprint density at radius 2 is 1.92 bits per heavy atom. The predicted molar refractivity (Wildman–Crippen MR) is 95.6 cm³/mol. The van der Waals surface area contributed by atoms with E-state index in [0.717, 1.165) is 5.56 Å². The number of carbonyl (C=O) groups excluding carboxylic acids is 2. The third-order valence-electron chi connectivity index (χ3n) is 3.83. The molecule has 1 aromatic rings. The van der Waals surface area contributed by atoms with E-state index in [4.69, 9.17) is 4.74 Å². The van der Waals surface area contributed by atoms with Crippen molar-refractivity contribution in [3.63, 3.8) is 0 Å². The van der Waals surface area contributed by atoms with Gasteiger partial charge in [-0.05, 0) is 25.5 Å². The van der Waals surface area contributed by atoms with Gasteiger partial charge < -0.3 is 15.4 Å². The van der Waals surface area contributed by atoms with Crippen molar-refractivity contribution in [3.8, 4) is 0 Å². The Kier molecular flexibility index (Phi) is 6.90. The average molecular weight is 381 g/mol. The van der Waals surface area contributed by atoms with Crippen LogP contribution in [0.4, 0.5) is 0 Å². The molecule has 0 aliphatic carbocycles. The summed E-state index contributed by atoms with van der Waals surface area (Å²) in [6.07, 6.45) is 1.13. The minimum Gasteiger partial charge on any atom is -0.360 e. The second kappa shape index (κ2) is 8.93. The van der Waals surface area contributed by atoms with E-state index in [9.17, 15) is 18.0 Å². The Morgan fingerprint density at radius 3 is 2.58 bits per heavy atom. The highest BCUT2D eigenvalue weighted by atomic mass is 32.2. The third-order valence-corrected chi connectivity index (χ3v) is 5.74. The third kappa shape index (κ3) is 4.90. The molecule has 1 heterocycles. The molecule has 0 unspecified atom stereocenters. The van der Waals surface area contributed by atoms with Gasteiger partial charge in [-0.15, -0.1) is 6.58 Å². The molecule has 1 fully saturated rings. The maximum Gasteiger partial charge on any atom is 0.309 e. The van der Waals surface area contributed by atoms with E-state index in [2.05, 4.69) is 17.2 Å². The van der Waals surface area contributed by atoms with Gasteiger partial charge in [0.1, 0.15) is 6.23 Å². The Morgan fingerprint density at radius 1 is 1.27 bits per heavy atom. The second-order valence-corrected chi connectivity index (χ2v) is 7.71. The number of rotatable bonds is 6. The first-order chi connectivity index (χ1) is 12.4. The smallest absolute Gasteiger partial charge is 0.309 e. The molecule has 2 N–H and O–H groups in total. The molecule has 9 heteroatoms. The van der Waals surface area contributed by atoms with Crippen molar-refractivity contribution < 1.29 is 22.7 Å². The molecular formula is C17H23N3O5S.